The maximum atomic E-state index is 14.1. The number of methoxy groups -OCH3 is 1. The van der Waals surface area contributed by atoms with Gasteiger partial charge in [-0.25, -0.2) is 14.6 Å². The standard InChI is InChI=1S/C42H50N6O11/c1-9-26-18-31(37(49)46-28-14-12-27(13-15-28)36(44)48-42(54)59-24(7)57-40(52)34(43)21(2)3)30(19-33(26)55-8)29-16-17-32(38(50)45-20-25-10-11-25)47-35(29)41(53)58-23(6)56-39(51)22(4)5/h9,12-19,21-25,34H,1,10-11,20,43H2,2-8H3,(H,45,50)(H,46,49)(H2,44,48,54). The van der Waals surface area contributed by atoms with Gasteiger partial charge in [0.2, 0.25) is 12.6 Å². The van der Waals surface area contributed by atoms with Crippen LogP contribution in [0, 0.1) is 23.2 Å². The van der Waals surface area contributed by atoms with E-state index >= 15 is 0 Å². The van der Waals surface area contributed by atoms with Gasteiger partial charge in [-0.1, -0.05) is 40.3 Å². The van der Waals surface area contributed by atoms with Crippen molar-refractivity contribution >= 4 is 53.4 Å². The van der Waals surface area contributed by atoms with E-state index in [2.05, 4.69) is 27.5 Å². The van der Waals surface area contributed by atoms with Crippen LogP contribution in [0.5, 0.6) is 5.75 Å². The van der Waals surface area contributed by atoms with Gasteiger partial charge in [0.05, 0.1) is 13.0 Å². The molecule has 17 heteroatoms. The second-order valence-corrected chi connectivity index (χ2v) is 14.4. The van der Waals surface area contributed by atoms with E-state index in [4.69, 9.17) is 34.8 Å². The second kappa shape index (κ2) is 20.2. The van der Waals surface area contributed by atoms with Gasteiger partial charge < -0.3 is 40.1 Å². The molecule has 1 aliphatic carbocycles. The quantitative estimate of drug-likeness (QED) is 0.0495. The fraction of sp³-hybridized carbons (Fsp3) is 0.381. The second-order valence-electron chi connectivity index (χ2n) is 14.4. The Hall–Kier alpha value is -6.62. The fourth-order valence-corrected chi connectivity index (χ4v) is 5.29. The summed E-state index contributed by atoms with van der Waals surface area (Å²) in [6.45, 7) is 13.7. The summed E-state index contributed by atoms with van der Waals surface area (Å²) in [5.41, 5.74) is 6.66. The molecule has 1 saturated carbocycles. The summed E-state index contributed by atoms with van der Waals surface area (Å²) in [5, 5.41) is 16.2. The van der Waals surface area contributed by atoms with E-state index in [0.717, 1.165) is 12.8 Å². The smallest absolute Gasteiger partial charge is 0.415 e. The number of nitrogens with two attached hydrogens (primary N) is 1. The molecule has 1 aliphatic rings. The van der Waals surface area contributed by atoms with Crippen LogP contribution < -0.4 is 26.4 Å². The number of ether oxygens (including phenoxy) is 5. The Morgan fingerprint density at radius 2 is 1.51 bits per heavy atom. The summed E-state index contributed by atoms with van der Waals surface area (Å²) in [4.78, 5) is 82.0. The largest absolute Gasteiger partial charge is 0.496 e. The minimum atomic E-state index is -1.31. The maximum Gasteiger partial charge on any atom is 0.415 e. The van der Waals surface area contributed by atoms with Crippen molar-refractivity contribution in [2.45, 2.75) is 73.0 Å². The van der Waals surface area contributed by atoms with Crippen LogP contribution in [0.4, 0.5) is 10.5 Å². The zero-order valence-corrected chi connectivity index (χ0v) is 34.0. The molecule has 1 fully saturated rings. The third-order valence-electron chi connectivity index (χ3n) is 8.92. The third-order valence-corrected chi connectivity index (χ3v) is 8.92. The van der Waals surface area contributed by atoms with Gasteiger partial charge in [-0.2, -0.15) is 0 Å². The van der Waals surface area contributed by atoms with Gasteiger partial charge in [0, 0.05) is 53.9 Å². The lowest BCUT2D eigenvalue weighted by atomic mass is 9.94. The summed E-state index contributed by atoms with van der Waals surface area (Å²) in [6.07, 6.45) is -0.149. The Morgan fingerprint density at radius 3 is 2.10 bits per heavy atom. The predicted molar refractivity (Wildman–Crippen MR) is 216 cm³/mol. The van der Waals surface area contributed by atoms with Crippen molar-refractivity contribution in [1.29, 1.82) is 5.41 Å². The minimum Gasteiger partial charge on any atom is -0.496 e. The molecule has 1 heterocycles. The normalized spacial score (nSPS) is 13.6. The number of hydrogen-bond donors (Lipinski definition) is 5. The lowest BCUT2D eigenvalue weighted by molar-refractivity contribution is -0.169. The molecule has 3 unspecified atom stereocenters. The van der Waals surface area contributed by atoms with Gasteiger partial charge in [-0.15, -0.1) is 0 Å². The average Bonchev–Trinajstić information content (AvgIpc) is 4.03. The first-order chi connectivity index (χ1) is 27.9. The van der Waals surface area contributed by atoms with Crippen molar-refractivity contribution in [1.82, 2.24) is 15.6 Å². The zero-order valence-electron chi connectivity index (χ0n) is 34.0. The molecule has 17 nitrogen and oxygen atoms in total. The number of rotatable bonds is 17. The minimum absolute atomic E-state index is 0.0483. The van der Waals surface area contributed by atoms with Crippen molar-refractivity contribution in [2.24, 2.45) is 23.5 Å². The van der Waals surface area contributed by atoms with Gasteiger partial charge in [0.1, 0.15) is 23.3 Å². The molecule has 0 bridgehead atoms. The lowest BCUT2D eigenvalue weighted by Gasteiger charge is -2.19. The fourth-order valence-electron chi connectivity index (χ4n) is 5.29. The first-order valence-electron chi connectivity index (χ1n) is 18.9. The van der Waals surface area contributed by atoms with E-state index in [0.29, 0.717) is 29.5 Å². The van der Waals surface area contributed by atoms with Crippen LogP contribution in [0.3, 0.4) is 0 Å². The lowest BCUT2D eigenvalue weighted by Crippen LogP contribution is -2.40. The Kier molecular flexibility index (Phi) is 15.4. The van der Waals surface area contributed by atoms with Crippen molar-refractivity contribution in [2.75, 3.05) is 19.0 Å². The van der Waals surface area contributed by atoms with Crippen molar-refractivity contribution < 1.29 is 52.5 Å². The molecule has 0 aliphatic heterocycles. The summed E-state index contributed by atoms with van der Waals surface area (Å²) in [6, 6.07) is 10.9. The van der Waals surface area contributed by atoms with Gasteiger partial charge >= 0.3 is 24.0 Å². The third kappa shape index (κ3) is 12.4. The molecular formula is C42H50N6O11. The monoisotopic (exact) mass is 814 g/mol. The highest BCUT2D eigenvalue weighted by Gasteiger charge is 2.28. The Bertz CT molecular complexity index is 2100. The highest BCUT2D eigenvalue weighted by atomic mass is 16.7. The summed E-state index contributed by atoms with van der Waals surface area (Å²) >= 11 is 0. The molecule has 4 rings (SSSR count). The summed E-state index contributed by atoms with van der Waals surface area (Å²) < 4.78 is 26.3. The zero-order chi connectivity index (χ0) is 43.6. The molecular weight excluding hydrogens is 764 g/mol. The first kappa shape index (κ1) is 45.1. The van der Waals surface area contributed by atoms with E-state index in [1.807, 2.05) is 0 Å². The van der Waals surface area contributed by atoms with Crippen LogP contribution in [0.2, 0.25) is 0 Å². The molecule has 0 radical (unpaired) electrons. The van der Waals surface area contributed by atoms with Crippen LogP contribution in [-0.4, -0.2) is 78.9 Å². The van der Waals surface area contributed by atoms with Crippen molar-refractivity contribution in [3.63, 3.8) is 0 Å². The molecule has 59 heavy (non-hydrogen) atoms. The number of carbonyl (C=O) groups excluding carboxylic acids is 6. The number of aromatic nitrogens is 1. The highest BCUT2D eigenvalue weighted by Crippen LogP contribution is 2.35. The molecule has 3 amide bonds. The molecule has 0 saturated heterocycles. The molecule has 2 aromatic carbocycles. The van der Waals surface area contributed by atoms with Crippen LogP contribution in [0.25, 0.3) is 17.2 Å². The molecule has 3 atom stereocenters. The number of nitrogens with zero attached hydrogens (tertiary/aromatic N) is 1. The molecule has 314 valence electrons. The van der Waals surface area contributed by atoms with Crippen LogP contribution >= 0.6 is 0 Å². The van der Waals surface area contributed by atoms with E-state index in [-0.39, 0.29) is 45.4 Å². The molecule has 0 spiro atoms. The number of alkyl carbamates (subject to hydrolysis) is 1. The summed E-state index contributed by atoms with van der Waals surface area (Å²) in [7, 11) is 1.42. The average molecular weight is 815 g/mol. The topological polar surface area (TPSA) is 247 Å². The Morgan fingerprint density at radius 1 is 0.864 bits per heavy atom. The predicted octanol–water partition coefficient (Wildman–Crippen LogP) is 5.42. The van der Waals surface area contributed by atoms with E-state index in [1.165, 1.54) is 75.6 Å². The number of pyridine rings is 1. The van der Waals surface area contributed by atoms with Gasteiger partial charge in [0.15, 0.2) is 5.69 Å². The first-order valence-corrected chi connectivity index (χ1v) is 18.9. The number of amidine groups is 1. The number of benzene rings is 2. The van der Waals surface area contributed by atoms with Crippen molar-refractivity contribution in [3.05, 3.63) is 83.2 Å². The Balaban J connectivity index is 1.60. The highest BCUT2D eigenvalue weighted by molar-refractivity contribution is 6.11. The number of hydrogen-bond acceptors (Lipinski definition) is 14. The number of esters is 3. The van der Waals surface area contributed by atoms with Crippen LogP contribution in [0.1, 0.15) is 96.8 Å². The molecule has 1 aromatic heterocycles. The maximum absolute atomic E-state index is 14.1. The van der Waals surface area contributed by atoms with Crippen LogP contribution in [0.15, 0.2) is 55.1 Å². The number of carbonyl (C=O) groups is 6. The molecule has 6 N–H and O–H groups in total. The van der Waals surface area contributed by atoms with Gasteiger partial charge in [-0.05, 0) is 73.2 Å². The Labute approximate surface area is 341 Å². The molecule has 3 aromatic rings. The summed E-state index contributed by atoms with van der Waals surface area (Å²) in [5.74, 6) is -3.87. The van der Waals surface area contributed by atoms with E-state index in [1.54, 1.807) is 27.7 Å². The van der Waals surface area contributed by atoms with Gasteiger partial charge in [0.25, 0.3) is 11.8 Å². The SMILES string of the molecule is C=Cc1cc(C(=O)Nc2ccc(C(=N)NC(=O)OC(C)OC(=O)C(N)C(C)C)cc2)c(-c2ccc(C(=O)NCC3CC3)nc2C(=O)OC(C)OC(=O)C(C)C)cc1OC. The number of anilines is 1. The number of amides is 3. The number of nitrogens with one attached hydrogen (secondary N) is 4. The van der Waals surface area contributed by atoms with E-state index in [9.17, 15) is 28.8 Å². The van der Waals surface area contributed by atoms with Crippen LogP contribution in [-0.2, 0) is 28.5 Å². The van der Waals surface area contributed by atoms with E-state index < -0.39 is 60.4 Å². The van der Waals surface area contributed by atoms with Gasteiger partial charge in [-0.3, -0.25) is 29.9 Å². The van der Waals surface area contributed by atoms with Crippen molar-refractivity contribution in [3.8, 4) is 16.9 Å².